The highest BCUT2D eigenvalue weighted by atomic mass is 16.8. The molecule has 9 aliphatic rings. The number of hydrogen-bond acceptors (Lipinski definition) is 21. The van der Waals surface area contributed by atoms with Gasteiger partial charge in [-0.05, 0) is 86.4 Å². The molecule has 0 aromatic heterocycles. The maximum Gasteiger partial charge on any atom is 0.187 e. The highest BCUT2D eigenvalue weighted by molar-refractivity contribution is 5.91. The Bertz CT molecular complexity index is 1990. The van der Waals surface area contributed by atoms with Gasteiger partial charge < -0.3 is 99.2 Å². The number of fused-ring (bicyclic) bond motifs is 7. The van der Waals surface area contributed by atoms with Crippen molar-refractivity contribution >= 4 is 5.78 Å². The summed E-state index contributed by atoms with van der Waals surface area (Å²) in [5.74, 6) is -0.374. The second-order valence-corrected chi connectivity index (χ2v) is 24.8. The lowest BCUT2D eigenvalue weighted by Gasteiger charge is -2.71. The van der Waals surface area contributed by atoms with Gasteiger partial charge in [-0.15, -0.1) is 0 Å². The van der Waals surface area contributed by atoms with Gasteiger partial charge in [0.2, 0.25) is 0 Å². The van der Waals surface area contributed by atoms with Gasteiger partial charge in [0.25, 0.3) is 0 Å². The van der Waals surface area contributed by atoms with Crippen molar-refractivity contribution in [1.29, 1.82) is 0 Å². The van der Waals surface area contributed by atoms with Crippen LogP contribution in [0.1, 0.15) is 106 Å². The van der Waals surface area contributed by atoms with Crippen molar-refractivity contribution in [3.8, 4) is 0 Å². The lowest BCUT2D eigenvalue weighted by atomic mass is 9.34. The van der Waals surface area contributed by atoms with E-state index in [2.05, 4.69) is 40.7 Å². The lowest BCUT2D eigenvalue weighted by molar-refractivity contribution is -0.383. The quantitative estimate of drug-likeness (QED) is 0.0889. The molecule has 0 aromatic carbocycles. The molecule has 0 aromatic rings. The number of rotatable bonds is 10. The Morgan fingerprint density at radius 3 is 1.99 bits per heavy atom. The Morgan fingerprint density at radius 2 is 1.29 bits per heavy atom. The van der Waals surface area contributed by atoms with Gasteiger partial charge in [0, 0.05) is 23.2 Å². The third-order valence-electron chi connectivity index (χ3n) is 20.1. The number of allylic oxidation sites excluding steroid dienone is 1. The molecule has 412 valence electrons. The van der Waals surface area contributed by atoms with Gasteiger partial charge in [0.1, 0.15) is 85.0 Å². The zero-order chi connectivity index (χ0) is 52.4. The fraction of sp³-hybridized carbons (Fsp3) is 0.941. The summed E-state index contributed by atoms with van der Waals surface area (Å²) in [6.07, 6.45) is -21.6. The monoisotopic (exact) mass is 1030 g/mol. The number of ketones is 1. The Morgan fingerprint density at radius 1 is 0.653 bits per heavy atom. The third kappa shape index (κ3) is 8.91. The average molecular weight is 1030 g/mol. The fourth-order valence-corrected chi connectivity index (χ4v) is 15.3. The fourth-order valence-electron chi connectivity index (χ4n) is 15.3. The van der Waals surface area contributed by atoms with E-state index in [4.69, 9.17) is 37.9 Å². The van der Waals surface area contributed by atoms with Crippen LogP contribution >= 0.6 is 0 Å². The summed E-state index contributed by atoms with van der Waals surface area (Å²) in [7, 11) is 0. The second kappa shape index (κ2) is 19.8. The normalized spacial score (nSPS) is 55.7. The van der Waals surface area contributed by atoms with E-state index < -0.39 is 153 Å². The second-order valence-electron chi connectivity index (χ2n) is 24.8. The number of hydrogen-bond donors (Lipinski definition) is 12. The number of Topliss-reactive ketones (excluding diaryl/α,β-unsaturated/α-hetero) is 1. The molecule has 4 aliphatic heterocycles. The van der Waals surface area contributed by atoms with Crippen LogP contribution in [-0.2, 0) is 42.7 Å². The molecule has 21 heteroatoms. The number of carbonyl (C=O) groups is 1. The molecule has 4 saturated carbocycles. The topological polar surface area (TPSA) is 334 Å². The van der Waals surface area contributed by atoms with E-state index in [1.165, 1.54) is 12.5 Å². The van der Waals surface area contributed by atoms with Crippen LogP contribution in [0.5, 0.6) is 0 Å². The van der Waals surface area contributed by atoms with Crippen LogP contribution in [0, 0.1) is 44.8 Å². The first kappa shape index (κ1) is 55.4. The molecule has 27 unspecified atom stereocenters. The van der Waals surface area contributed by atoms with Crippen molar-refractivity contribution < 1.29 is 104 Å². The molecular weight excluding hydrogens is 949 g/mol. The van der Waals surface area contributed by atoms with Gasteiger partial charge in [-0.25, -0.2) is 0 Å². The van der Waals surface area contributed by atoms with Crippen LogP contribution in [0.3, 0.4) is 0 Å². The first-order chi connectivity index (χ1) is 33.7. The van der Waals surface area contributed by atoms with Crippen molar-refractivity contribution in [2.75, 3.05) is 26.4 Å². The maximum atomic E-state index is 14.2. The Kier molecular flexibility index (Phi) is 15.2. The van der Waals surface area contributed by atoms with Gasteiger partial charge in [-0.2, -0.15) is 0 Å². The van der Waals surface area contributed by atoms with Gasteiger partial charge >= 0.3 is 0 Å². The van der Waals surface area contributed by atoms with E-state index in [0.717, 1.165) is 25.7 Å². The number of ether oxygens (including phenoxy) is 8. The molecule has 21 nitrogen and oxygen atoms in total. The highest BCUT2D eigenvalue weighted by Crippen LogP contribution is 2.74. The van der Waals surface area contributed by atoms with E-state index in [0.29, 0.717) is 25.7 Å². The van der Waals surface area contributed by atoms with E-state index in [1.54, 1.807) is 0 Å². The molecule has 12 N–H and O–H groups in total. The van der Waals surface area contributed by atoms with E-state index in [-0.39, 0.29) is 52.8 Å². The van der Waals surface area contributed by atoms with Crippen molar-refractivity contribution in [1.82, 2.24) is 0 Å². The van der Waals surface area contributed by atoms with Crippen LogP contribution in [0.15, 0.2) is 11.6 Å². The molecule has 4 saturated heterocycles. The molecule has 0 spiro atoms. The Hall–Kier alpha value is -1.39. The minimum Gasteiger partial charge on any atom is -0.396 e. The molecule has 8 fully saturated rings. The van der Waals surface area contributed by atoms with Crippen LogP contribution in [0.4, 0.5) is 0 Å². The summed E-state index contributed by atoms with van der Waals surface area (Å²) in [6.45, 7) is 12.9. The van der Waals surface area contributed by atoms with Crippen molar-refractivity contribution in [2.45, 2.75) is 229 Å². The van der Waals surface area contributed by atoms with Gasteiger partial charge in [0.05, 0.1) is 38.6 Å². The molecule has 9 rings (SSSR count). The Balaban J connectivity index is 0.974. The van der Waals surface area contributed by atoms with Crippen LogP contribution in [0.2, 0.25) is 0 Å². The predicted molar refractivity (Wildman–Crippen MR) is 246 cm³/mol. The van der Waals surface area contributed by atoms with Gasteiger partial charge in [-0.1, -0.05) is 53.2 Å². The minimum absolute atomic E-state index is 0.0263. The standard InChI is InChI=1S/C51H82O21/c1-22-32(56)36(60)39(63)43(68-22)72-41-37(61)35(59)27(20-67-44-40(34(58)26(54)19-66-44)71-42-38(62)33(57)25(53)18-65-42)69-45(41)70-31-11-12-47(4)28(48(31,5)21-52)10-13-49(6)29(47)9-8-23-24-16-46(2,3)14-15-51(24,64)30(55)17-50(23,49)7/h8,22,24-29,31-45,52-54,56-64H,9-21H2,1-7H3. The highest BCUT2D eigenvalue weighted by Gasteiger charge is 2.71. The molecule has 0 radical (unpaired) electrons. The van der Waals surface area contributed by atoms with Crippen molar-refractivity contribution in [3.63, 3.8) is 0 Å². The summed E-state index contributed by atoms with van der Waals surface area (Å²) in [4.78, 5) is 14.2. The average Bonchev–Trinajstić information content (AvgIpc) is 3.33. The summed E-state index contributed by atoms with van der Waals surface area (Å²) < 4.78 is 48.1. The SMILES string of the molecule is CC1OC(OC2C(OC3CCC4(C)C(CCC5(C)C4CC=C4C6CC(C)(C)CCC6(O)C(=O)CC45C)C3(C)CO)OC(COC3OCC(O)C(O)C3OC3OCC(O)C(O)C3O)C(O)C2O)C(O)C(O)C1O. The third-order valence-corrected chi connectivity index (χ3v) is 20.1. The minimum atomic E-state index is -1.85. The van der Waals surface area contributed by atoms with Gasteiger partial charge in [0.15, 0.2) is 30.9 Å². The Labute approximate surface area is 420 Å². The van der Waals surface area contributed by atoms with Crippen LogP contribution in [-0.4, -0.2) is 216 Å². The van der Waals surface area contributed by atoms with Crippen LogP contribution in [0.25, 0.3) is 0 Å². The zero-order valence-electron chi connectivity index (χ0n) is 42.5. The largest absolute Gasteiger partial charge is 0.396 e. The van der Waals surface area contributed by atoms with E-state index in [9.17, 15) is 66.1 Å². The predicted octanol–water partition coefficient (Wildman–Crippen LogP) is -1.35. The van der Waals surface area contributed by atoms with Crippen molar-refractivity contribution in [3.05, 3.63) is 11.6 Å². The molecule has 27 atom stereocenters. The van der Waals surface area contributed by atoms with E-state index in [1.807, 2.05) is 6.92 Å². The number of carbonyl (C=O) groups excluding carboxylic acids is 1. The molecule has 4 heterocycles. The zero-order valence-corrected chi connectivity index (χ0v) is 42.5. The maximum absolute atomic E-state index is 14.2. The first-order valence-corrected chi connectivity index (χ1v) is 26.2. The van der Waals surface area contributed by atoms with E-state index >= 15 is 0 Å². The summed E-state index contributed by atoms with van der Waals surface area (Å²) in [6, 6.07) is 0. The summed E-state index contributed by atoms with van der Waals surface area (Å²) in [5, 5.41) is 132. The first-order valence-electron chi connectivity index (χ1n) is 26.2. The smallest absolute Gasteiger partial charge is 0.187 e. The molecule has 72 heavy (non-hydrogen) atoms. The molecule has 0 amide bonds. The molecule has 0 bridgehead atoms. The summed E-state index contributed by atoms with van der Waals surface area (Å²) >= 11 is 0. The summed E-state index contributed by atoms with van der Waals surface area (Å²) in [5.41, 5.74) is -2.33. The number of aliphatic hydroxyl groups excluding tert-OH is 11. The lowest BCUT2D eigenvalue weighted by Crippen LogP contribution is -2.68. The van der Waals surface area contributed by atoms with Crippen LogP contribution < -0.4 is 0 Å². The molecule has 5 aliphatic carbocycles. The van der Waals surface area contributed by atoms with Gasteiger partial charge in [-0.3, -0.25) is 4.79 Å². The molecular formula is C51H82O21. The number of aliphatic hydroxyl groups is 12. The van der Waals surface area contributed by atoms with Crippen molar-refractivity contribution in [2.24, 2.45) is 44.8 Å².